The number of aliphatic imine (C=N–C) groups is 1. The zero-order valence-corrected chi connectivity index (χ0v) is 19.0. The summed E-state index contributed by atoms with van der Waals surface area (Å²) >= 11 is 1.36. The lowest BCUT2D eigenvalue weighted by atomic mass is 10.1. The lowest BCUT2D eigenvalue weighted by Crippen LogP contribution is -2.35. The number of carbonyl (C=O) groups is 1. The van der Waals surface area contributed by atoms with Gasteiger partial charge in [-0.15, -0.1) is 0 Å². The molecule has 1 N–H and O–H groups in total. The van der Waals surface area contributed by atoms with Gasteiger partial charge in [0.15, 0.2) is 5.84 Å². The molecule has 6 nitrogen and oxygen atoms in total. The largest absolute Gasteiger partial charge is 0.340 e. The second-order valence-electron chi connectivity index (χ2n) is 7.90. The van der Waals surface area contributed by atoms with Gasteiger partial charge < -0.3 is 4.57 Å². The van der Waals surface area contributed by atoms with E-state index in [0.29, 0.717) is 5.17 Å². The maximum atomic E-state index is 12.8. The Bertz CT molecular complexity index is 1380. The third kappa shape index (κ3) is 3.29. The predicted octanol–water partition coefficient (Wildman–Crippen LogP) is 5.34. The standard InChI is InChI=1S/C25H23N5OS/c1-4-22-28-30-23(26)20(24(31)27-25(30)32-22)13-19-16(3)29(21-12-8-7-11-18(19)21)14-17-10-6-5-9-15(17)2/h5-13,26H,4,14H2,1-3H3/b20-13+,26-23?. The number of thioether (sulfide) groups is 1. The van der Waals surface area contributed by atoms with E-state index in [1.54, 1.807) is 6.08 Å². The van der Waals surface area contributed by atoms with Crippen molar-refractivity contribution in [3.8, 4) is 0 Å². The monoisotopic (exact) mass is 441 g/mol. The van der Waals surface area contributed by atoms with Crippen LogP contribution in [0.1, 0.15) is 35.7 Å². The van der Waals surface area contributed by atoms with Crippen molar-refractivity contribution in [3.63, 3.8) is 0 Å². The molecule has 1 aromatic heterocycles. The Hall–Kier alpha value is -3.45. The average Bonchev–Trinajstić information content (AvgIpc) is 3.32. The fraction of sp³-hybridized carbons (Fsp3) is 0.200. The summed E-state index contributed by atoms with van der Waals surface area (Å²) in [7, 11) is 0. The van der Waals surface area contributed by atoms with Gasteiger partial charge in [0, 0.05) is 28.7 Å². The second-order valence-corrected chi connectivity index (χ2v) is 8.94. The van der Waals surface area contributed by atoms with Crippen LogP contribution in [0.3, 0.4) is 0 Å². The fourth-order valence-electron chi connectivity index (χ4n) is 4.12. The van der Waals surface area contributed by atoms with Crippen molar-refractivity contribution < 1.29 is 4.79 Å². The van der Waals surface area contributed by atoms with Crippen LogP contribution in [-0.2, 0) is 11.3 Å². The van der Waals surface area contributed by atoms with Crippen molar-refractivity contribution in [1.82, 2.24) is 9.58 Å². The van der Waals surface area contributed by atoms with E-state index in [4.69, 9.17) is 5.41 Å². The van der Waals surface area contributed by atoms with Gasteiger partial charge in [0.1, 0.15) is 5.04 Å². The normalized spacial score (nSPS) is 17.2. The highest BCUT2D eigenvalue weighted by atomic mass is 32.2. The molecule has 2 aromatic carbocycles. The zero-order valence-electron chi connectivity index (χ0n) is 18.2. The van der Waals surface area contributed by atoms with Crippen molar-refractivity contribution in [2.75, 3.05) is 0 Å². The molecule has 32 heavy (non-hydrogen) atoms. The fourth-order valence-corrected chi connectivity index (χ4v) is 4.95. The molecule has 0 unspecified atom stereocenters. The van der Waals surface area contributed by atoms with Gasteiger partial charge in [-0.2, -0.15) is 15.1 Å². The smallest absolute Gasteiger partial charge is 0.283 e. The number of carbonyl (C=O) groups excluding carboxylic acids is 1. The van der Waals surface area contributed by atoms with Gasteiger partial charge in [0.2, 0.25) is 5.17 Å². The summed E-state index contributed by atoms with van der Waals surface area (Å²) in [6, 6.07) is 16.6. The number of hydrazone groups is 1. The van der Waals surface area contributed by atoms with Gasteiger partial charge in [-0.3, -0.25) is 10.2 Å². The van der Waals surface area contributed by atoms with Gasteiger partial charge >= 0.3 is 0 Å². The third-order valence-electron chi connectivity index (χ3n) is 5.96. The molecule has 0 bridgehead atoms. The SMILES string of the molecule is CCC1=NN2C(=N)/C(=C\c3c(C)n(Cc4ccccc4C)c4ccccc34)C(=O)N=C2S1. The molecule has 0 spiro atoms. The van der Waals surface area contributed by atoms with Crippen LogP contribution < -0.4 is 0 Å². The Kier molecular flexibility index (Phi) is 5.06. The molecule has 0 atom stereocenters. The number of hydrogen-bond acceptors (Lipinski definition) is 4. The molecule has 5 rings (SSSR count). The van der Waals surface area contributed by atoms with Gasteiger partial charge in [-0.1, -0.05) is 49.4 Å². The minimum atomic E-state index is -0.392. The van der Waals surface area contributed by atoms with E-state index in [1.165, 1.54) is 27.9 Å². The number of fused-ring (bicyclic) bond motifs is 2. The first-order valence-corrected chi connectivity index (χ1v) is 11.4. The van der Waals surface area contributed by atoms with Crippen molar-refractivity contribution in [2.45, 2.75) is 33.7 Å². The number of benzene rings is 2. The van der Waals surface area contributed by atoms with E-state index >= 15 is 0 Å². The number of hydrogen-bond donors (Lipinski definition) is 1. The highest BCUT2D eigenvalue weighted by molar-refractivity contribution is 8.26. The number of amides is 1. The Morgan fingerprint density at radius 3 is 2.62 bits per heavy atom. The second kappa shape index (κ2) is 7.91. The maximum Gasteiger partial charge on any atom is 0.283 e. The van der Waals surface area contributed by atoms with Crippen molar-refractivity contribution >= 4 is 50.7 Å². The van der Waals surface area contributed by atoms with Crippen LogP contribution in [0, 0.1) is 19.3 Å². The Labute approximate surface area is 190 Å². The summed E-state index contributed by atoms with van der Waals surface area (Å²) in [6.07, 6.45) is 2.55. The van der Waals surface area contributed by atoms with Crippen molar-refractivity contribution in [1.29, 1.82) is 5.41 Å². The first-order chi connectivity index (χ1) is 15.5. The molecule has 1 amide bonds. The molecule has 2 aliphatic rings. The predicted molar refractivity (Wildman–Crippen MR) is 132 cm³/mol. The average molecular weight is 442 g/mol. The molecule has 2 aliphatic heterocycles. The number of aromatic nitrogens is 1. The van der Waals surface area contributed by atoms with Gasteiger partial charge in [0.05, 0.1) is 5.57 Å². The van der Waals surface area contributed by atoms with E-state index in [2.05, 4.69) is 58.8 Å². The van der Waals surface area contributed by atoms with Crippen LogP contribution in [0.2, 0.25) is 0 Å². The molecule has 0 saturated carbocycles. The first-order valence-electron chi connectivity index (χ1n) is 10.6. The minimum Gasteiger partial charge on any atom is -0.340 e. The number of nitrogens with one attached hydrogen (secondary N) is 1. The van der Waals surface area contributed by atoms with Crippen molar-refractivity contribution in [2.24, 2.45) is 10.1 Å². The van der Waals surface area contributed by atoms with Gasteiger partial charge in [-0.05, 0) is 55.3 Å². The summed E-state index contributed by atoms with van der Waals surface area (Å²) in [5.41, 5.74) is 5.84. The van der Waals surface area contributed by atoms with E-state index in [0.717, 1.165) is 40.2 Å². The van der Waals surface area contributed by atoms with Crippen LogP contribution in [-0.4, -0.2) is 31.5 Å². The zero-order chi connectivity index (χ0) is 22.4. The van der Waals surface area contributed by atoms with Crippen LogP contribution in [0.25, 0.3) is 17.0 Å². The molecule has 7 heteroatoms. The Balaban J connectivity index is 1.63. The Morgan fingerprint density at radius 2 is 1.84 bits per heavy atom. The van der Waals surface area contributed by atoms with Crippen molar-refractivity contribution in [3.05, 3.63) is 76.5 Å². The van der Waals surface area contributed by atoms with Crippen LogP contribution in [0.4, 0.5) is 0 Å². The molecule has 0 fully saturated rings. The molecule has 3 heterocycles. The molecule has 3 aromatic rings. The summed E-state index contributed by atoms with van der Waals surface area (Å²) in [5, 5.41) is 16.9. The maximum absolute atomic E-state index is 12.8. The number of nitrogens with zero attached hydrogens (tertiary/aromatic N) is 4. The third-order valence-corrected chi connectivity index (χ3v) is 7.01. The summed E-state index contributed by atoms with van der Waals surface area (Å²) in [6.45, 7) is 6.92. The quantitative estimate of drug-likeness (QED) is 0.556. The highest BCUT2D eigenvalue weighted by Crippen LogP contribution is 2.33. The van der Waals surface area contributed by atoms with Crippen LogP contribution in [0.15, 0.2) is 64.2 Å². The minimum absolute atomic E-state index is 0.0751. The lowest BCUT2D eigenvalue weighted by Gasteiger charge is -2.20. The topological polar surface area (TPSA) is 73.8 Å². The first kappa shape index (κ1) is 20.5. The van der Waals surface area contributed by atoms with E-state index in [-0.39, 0.29) is 11.4 Å². The molecule has 0 aliphatic carbocycles. The lowest BCUT2D eigenvalue weighted by molar-refractivity contribution is -0.114. The summed E-state index contributed by atoms with van der Waals surface area (Å²) in [5.74, 6) is -0.317. The molecule has 160 valence electrons. The summed E-state index contributed by atoms with van der Waals surface area (Å²) in [4.78, 5) is 17.0. The van der Waals surface area contributed by atoms with E-state index < -0.39 is 5.91 Å². The molecule has 0 radical (unpaired) electrons. The molecule has 0 saturated heterocycles. The van der Waals surface area contributed by atoms with Crippen LogP contribution in [0.5, 0.6) is 0 Å². The molecular formula is C25H23N5OS. The number of aryl methyl sites for hydroxylation is 1. The molecular weight excluding hydrogens is 418 g/mol. The summed E-state index contributed by atoms with van der Waals surface area (Å²) < 4.78 is 2.27. The Morgan fingerprint density at radius 1 is 1.09 bits per heavy atom. The number of rotatable bonds is 4. The van der Waals surface area contributed by atoms with E-state index in [9.17, 15) is 4.79 Å². The highest BCUT2D eigenvalue weighted by Gasteiger charge is 2.35. The number of para-hydroxylation sites is 1. The van der Waals surface area contributed by atoms with Gasteiger partial charge in [0.25, 0.3) is 5.91 Å². The van der Waals surface area contributed by atoms with Gasteiger partial charge in [-0.25, -0.2) is 0 Å². The number of amidine groups is 2. The van der Waals surface area contributed by atoms with Crippen LogP contribution >= 0.6 is 11.8 Å². The van der Waals surface area contributed by atoms with E-state index in [1.807, 2.05) is 25.1 Å².